The van der Waals surface area contributed by atoms with Crippen molar-refractivity contribution in [2.75, 3.05) is 33.4 Å². The van der Waals surface area contributed by atoms with E-state index < -0.39 is 0 Å². The van der Waals surface area contributed by atoms with Gasteiger partial charge in [-0.2, -0.15) is 0 Å². The Hall–Kier alpha value is -0.650. The molecule has 0 aromatic rings. The molecule has 0 aliphatic carbocycles. The third-order valence-electron chi connectivity index (χ3n) is 3.57. The molecule has 1 aliphatic rings. The highest BCUT2D eigenvalue weighted by atomic mass is 16.5. The van der Waals surface area contributed by atoms with E-state index in [0.717, 1.165) is 13.0 Å². The van der Waals surface area contributed by atoms with Gasteiger partial charge in [0.25, 0.3) is 0 Å². The first-order valence-electron chi connectivity index (χ1n) is 6.37. The maximum atomic E-state index is 11.8. The lowest BCUT2D eigenvalue weighted by atomic mass is 10.0. The minimum atomic E-state index is -0.177. The molecule has 17 heavy (non-hydrogen) atoms. The van der Waals surface area contributed by atoms with Gasteiger partial charge in [0, 0.05) is 25.2 Å². The summed E-state index contributed by atoms with van der Waals surface area (Å²) in [6, 6.07) is 0.395. The third-order valence-corrected chi connectivity index (χ3v) is 3.57. The Bertz CT molecular complexity index is 248. The molecule has 0 aromatic carbocycles. The van der Waals surface area contributed by atoms with Crippen LogP contribution in [0.2, 0.25) is 0 Å². The minimum absolute atomic E-state index is 0.0209. The van der Waals surface area contributed by atoms with Crippen LogP contribution in [-0.4, -0.2) is 56.2 Å². The molecule has 1 heterocycles. The number of likely N-dealkylation sites (N-methyl/N-ethyl adjacent to an activating group) is 1. The first-order chi connectivity index (χ1) is 8.06. The first-order valence-corrected chi connectivity index (χ1v) is 6.37. The molecule has 0 spiro atoms. The number of rotatable bonds is 6. The Labute approximate surface area is 104 Å². The van der Waals surface area contributed by atoms with Gasteiger partial charge in [0.2, 0.25) is 5.91 Å². The van der Waals surface area contributed by atoms with Gasteiger partial charge in [0.05, 0.1) is 19.1 Å². The highest BCUT2D eigenvalue weighted by Crippen LogP contribution is 2.11. The van der Waals surface area contributed by atoms with Crippen molar-refractivity contribution in [3.63, 3.8) is 0 Å². The summed E-state index contributed by atoms with van der Waals surface area (Å²) in [6.45, 7) is 6.82. The number of amides is 1. The molecule has 1 aliphatic heterocycles. The molecule has 5 heteroatoms. The predicted octanol–water partition coefficient (Wildman–Crippen LogP) is -0.193. The zero-order valence-electron chi connectivity index (χ0n) is 11.1. The van der Waals surface area contributed by atoms with Crippen LogP contribution in [0.1, 0.15) is 20.3 Å². The molecule has 100 valence electrons. The number of nitrogens with one attached hydrogen (secondary N) is 1. The fraction of sp³-hybridized carbons (Fsp3) is 0.917. The van der Waals surface area contributed by atoms with E-state index in [4.69, 9.17) is 10.5 Å². The molecule has 0 aromatic heterocycles. The van der Waals surface area contributed by atoms with Gasteiger partial charge in [-0.1, -0.05) is 6.92 Å². The van der Waals surface area contributed by atoms with Crippen LogP contribution < -0.4 is 11.1 Å². The molecule has 1 fully saturated rings. The van der Waals surface area contributed by atoms with E-state index in [-0.39, 0.29) is 17.9 Å². The highest BCUT2D eigenvalue weighted by Gasteiger charge is 2.30. The molecule has 3 atom stereocenters. The summed E-state index contributed by atoms with van der Waals surface area (Å²) in [5, 5.41) is 2.92. The first kappa shape index (κ1) is 14.4. The Morgan fingerprint density at radius 1 is 1.59 bits per heavy atom. The van der Waals surface area contributed by atoms with E-state index in [1.54, 1.807) is 0 Å². The number of carbonyl (C=O) groups excluding carboxylic acids is 1. The highest BCUT2D eigenvalue weighted by molar-refractivity contribution is 5.79. The van der Waals surface area contributed by atoms with E-state index in [1.807, 2.05) is 0 Å². The van der Waals surface area contributed by atoms with Crippen molar-refractivity contribution in [3.05, 3.63) is 0 Å². The maximum absolute atomic E-state index is 11.8. The van der Waals surface area contributed by atoms with E-state index in [9.17, 15) is 4.79 Å². The zero-order valence-corrected chi connectivity index (χ0v) is 11.1. The number of nitrogens with two attached hydrogens (primary N) is 1. The Morgan fingerprint density at radius 3 is 2.82 bits per heavy atom. The fourth-order valence-corrected chi connectivity index (χ4v) is 1.86. The number of carbonyl (C=O) groups is 1. The topological polar surface area (TPSA) is 67.6 Å². The Balaban J connectivity index is 2.20. The summed E-state index contributed by atoms with van der Waals surface area (Å²) in [6.07, 6.45) is 1.12. The van der Waals surface area contributed by atoms with Gasteiger partial charge in [-0.15, -0.1) is 0 Å². The molecular weight excluding hydrogens is 218 g/mol. The molecule has 1 saturated heterocycles. The minimum Gasteiger partial charge on any atom is -0.379 e. The van der Waals surface area contributed by atoms with Crippen molar-refractivity contribution in [1.29, 1.82) is 0 Å². The maximum Gasteiger partial charge on any atom is 0.227 e. The lowest BCUT2D eigenvalue weighted by Gasteiger charge is -2.24. The number of nitrogens with zero attached hydrogens (tertiary/aromatic N) is 1. The van der Waals surface area contributed by atoms with Crippen molar-refractivity contribution < 1.29 is 9.53 Å². The van der Waals surface area contributed by atoms with Gasteiger partial charge >= 0.3 is 0 Å². The summed E-state index contributed by atoms with van der Waals surface area (Å²) in [7, 11) is 2.07. The number of ether oxygens (including phenoxy) is 1. The van der Waals surface area contributed by atoms with Crippen molar-refractivity contribution in [2.45, 2.75) is 32.4 Å². The van der Waals surface area contributed by atoms with E-state index >= 15 is 0 Å². The number of hydrogen-bond donors (Lipinski definition) is 2. The van der Waals surface area contributed by atoms with Crippen molar-refractivity contribution in [2.24, 2.45) is 11.7 Å². The lowest BCUT2D eigenvalue weighted by molar-refractivity contribution is -0.125. The standard InChI is InChI=1S/C12H25N3O2/c1-4-9(2)15(3)6-5-14-12(16)10-7-17-8-11(10)13/h9-11H,4-8,13H2,1-3H3,(H,14,16). The van der Waals surface area contributed by atoms with Gasteiger partial charge in [-0.3, -0.25) is 4.79 Å². The van der Waals surface area contributed by atoms with Crippen molar-refractivity contribution >= 4 is 5.91 Å². The smallest absolute Gasteiger partial charge is 0.227 e. The second-order valence-corrected chi connectivity index (χ2v) is 4.84. The van der Waals surface area contributed by atoms with Gasteiger partial charge in [-0.05, 0) is 20.4 Å². The summed E-state index contributed by atoms with van der Waals surface area (Å²) in [5.41, 5.74) is 5.78. The van der Waals surface area contributed by atoms with Gasteiger partial charge in [0.1, 0.15) is 0 Å². The second-order valence-electron chi connectivity index (χ2n) is 4.84. The summed E-state index contributed by atoms with van der Waals surface area (Å²) < 4.78 is 5.18. The Kier molecular flexibility index (Phi) is 5.88. The average Bonchev–Trinajstić information content (AvgIpc) is 2.74. The van der Waals surface area contributed by atoms with E-state index in [0.29, 0.717) is 25.8 Å². The molecule has 5 nitrogen and oxygen atoms in total. The van der Waals surface area contributed by atoms with Gasteiger partial charge in [-0.25, -0.2) is 0 Å². The Morgan fingerprint density at radius 2 is 2.29 bits per heavy atom. The van der Waals surface area contributed by atoms with Crippen LogP contribution in [-0.2, 0) is 9.53 Å². The van der Waals surface area contributed by atoms with Crippen molar-refractivity contribution in [1.82, 2.24) is 10.2 Å². The SMILES string of the molecule is CCC(C)N(C)CCNC(=O)C1COCC1N. The number of hydrogen-bond acceptors (Lipinski definition) is 4. The van der Waals surface area contributed by atoms with Gasteiger partial charge < -0.3 is 20.7 Å². The molecule has 0 bridgehead atoms. The predicted molar refractivity (Wildman–Crippen MR) is 67.7 cm³/mol. The van der Waals surface area contributed by atoms with Crippen LogP contribution in [0.25, 0.3) is 0 Å². The van der Waals surface area contributed by atoms with Crippen LogP contribution in [0, 0.1) is 5.92 Å². The molecule has 3 N–H and O–H groups in total. The normalized spacial score (nSPS) is 26.2. The molecule has 3 unspecified atom stereocenters. The monoisotopic (exact) mass is 243 g/mol. The van der Waals surface area contributed by atoms with Crippen LogP contribution in [0.5, 0.6) is 0 Å². The van der Waals surface area contributed by atoms with Crippen LogP contribution in [0.4, 0.5) is 0 Å². The zero-order chi connectivity index (χ0) is 12.8. The molecular formula is C12H25N3O2. The van der Waals surface area contributed by atoms with E-state index in [1.165, 1.54) is 0 Å². The third kappa shape index (κ3) is 4.26. The summed E-state index contributed by atoms with van der Waals surface area (Å²) >= 11 is 0. The largest absolute Gasteiger partial charge is 0.379 e. The molecule has 1 amide bonds. The van der Waals surface area contributed by atoms with Crippen LogP contribution in [0.15, 0.2) is 0 Å². The van der Waals surface area contributed by atoms with Crippen LogP contribution >= 0.6 is 0 Å². The quantitative estimate of drug-likeness (QED) is 0.678. The lowest BCUT2D eigenvalue weighted by Crippen LogP contribution is -2.44. The second kappa shape index (κ2) is 6.93. The van der Waals surface area contributed by atoms with Crippen LogP contribution in [0.3, 0.4) is 0 Å². The summed E-state index contributed by atoms with van der Waals surface area (Å²) in [4.78, 5) is 14.0. The average molecular weight is 243 g/mol. The molecule has 0 radical (unpaired) electrons. The fourth-order valence-electron chi connectivity index (χ4n) is 1.86. The van der Waals surface area contributed by atoms with Gasteiger partial charge in [0.15, 0.2) is 0 Å². The summed E-state index contributed by atoms with van der Waals surface area (Å²) in [5.74, 6) is -0.156. The van der Waals surface area contributed by atoms with Crippen molar-refractivity contribution in [3.8, 4) is 0 Å². The van der Waals surface area contributed by atoms with E-state index in [2.05, 4.69) is 31.1 Å². The molecule has 0 saturated carbocycles. The molecule has 1 rings (SSSR count).